The Balaban J connectivity index is 0.00000324. The van der Waals surface area contributed by atoms with E-state index in [4.69, 9.17) is 0 Å². The first-order chi connectivity index (χ1) is 8.74. The highest BCUT2D eigenvalue weighted by molar-refractivity contribution is 5.16. The van der Waals surface area contributed by atoms with Crippen LogP contribution >= 0.6 is 0 Å². The van der Waals surface area contributed by atoms with Crippen LogP contribution in [0, 0.1) is 13.8 Å². The van der Waals surface area contributed by atoms with Crippen LogP contribution in [0.3, 0.4) is 0 Å². The molecule has 0 spiro atoms. The summed E-state index contributed by atoms with van der Waals surface area (Å²) in [4.78, 5) is 0. The quantitative estimate of drug-likeness (QED) is 0.352. The van der Waals surface area contributed by atoms with Gasteiger partial charge in [0.2, 0.25) is 0 Å². The van der Waals surface area contributed by atoms with E-state index in [0.29, 0.717) is 0 Å². The van der Waals surface area contributed by atoms with Crippen LogP contribution in [-0.4, -0.2) is 0 Å². The number of halogens is 1. The van der Waals surface area contributed by atoms with Crippen LogP contribution in [0.2, 0.25) is 0 Å². The molecular weight excluding hydrogens is 345 g/mol. The summed E-state index contributed by atoms with van der Waals surface area (Å²) in [6, 6.07) is 2.22. The maximum Gasteiger partial charge on any atom is 0.171 e. The van der Waals surface area contributed by atoms with Gasteiger partial charge in [-0.15, -0.1) is 0 Å². The Bertz CT molecular complexity index is 336. The fourth-order valence-electron chi connectivity index (χ4n) is 2.30. The maximum absolute atomic E-state index is 2.33. The summed E-state index contributed by atoms with van der Waals surface area (Å²) in [5, 5.41) is 0. The predicted octanol–water partition coefficient (Wildman–Crippen LogP) is 1.74. The lowest BCUT2D eigenvalue weighted by molar-refractivity contribution is -0.697. The highest BCUT2D eigenvalue weighted by Gasteiger charge is 2.02. The lowest BCUT2D eigenvalue weighted by Crippen LogP contribution is -3.00. The van der Waals surface area contributed by atoms with E-state index in [1.165, 1.54) is 69.0 Å². The molecule has 0 N–H and O–H groups in total. The van der Waals surface area contributed by atoms with Gasteiger partial charge in [0.15, 0.2) is 12.4 Å². The van der Waals surface area contributed by atoms with Crippen molar-refractivity contribution in [2.45, 2.75) is 78.7 Å². The SMILES string of the molecule is CCCCCCCCCC[n+]1ccc(C)c(C)c1.[I-]. The Morgan fingerprint density at radius 3 is 2.00 bits per heavy atom. The molecule has 0 saturated heterocycles. The van der Waals surface area contributed by atoms with Crippen LogP contribution in [0.4, 0.5) is 0 Å². The second-order valence-electron chi connectivity index (χ2n) is 5.52. The summed E-state index contributed by atoms with van der Waals surface area (Å²) in [5.74, 6) is 0. The average molecular weight is 375 g/mol. The smallest absolute Gasteiger partial charge is 0.171 e. The molecule has 0 unspecified atom stereocenters. The van der Waals surface area contributed by atoms with E-state index in [1.807, 2.05) is 0 Å². The van der Waals surface area contributed by atoms with Crippen molar-refractivity contribution in [2.75, 3.05) is 0 Å². The van der Waals surface area contributed by atoms with E-state index < -0.39 is 0 Å². The van der Waals surface area contributed by atoms with Crippen molar-refractivity contribution in [1.82, 2.24) is 0 Å². The van der Waals surface area contributed by atoms with E-state index in [9.17, 15) is 0 Å². The highest BCUT2D eigenvalue weighted by atomic mass is 127. The third-order valence-corrected chi connectivity index (χ3v) is 3.77. The summed E-state index contributed by atoms with van der Waals surface area (Å²) >= 11 is 0. The van der Waals surface area contributed by atoms with Crippen molar-refractivity contribution < 1.29 is 28.5 Å². The average Bonchev–Trinajstić information content (AvgIpc) is 2.37. The van der Waals surface area contributed by atoms with Gasteiger partial charge in [-0.05, 0) is 25.8 Å². The normalized spacial score (nSPS) is 10.3. The largest absolute Gasteiger partial charge is 1.00 e. The Morgan fingerprint density at radius 1 is 0.842 bits per heavy atom. The van der Waals surface area contributed by atoms with E-state index in [2.05, 4.69) is 43.8 Å². The van der Waals surface area contributed by atoms with Gasteiger partial charge >= 0.3 is 0 Å². The molecule has 2 heteroatoms. The zero-order chi connectivity index (χ0) is 13.2. The Morgan fingerprint density at radius 2 is 1.42 bits per heavy atom. The van der Waals surface area contributed by atoms with Crippen LogP contribution in [-0.2, 0) is 6.54 Å². The first-order valence-corrected chi connectivity index (χ1v) is 7.70. The van der Waals surface area contributed by atoms with E-state index in [0.717, 1.165) is 0 Å². The third-order valence-electron chi connectivity index (χ3n) is 3.77. The molecule has 19 heavy (non-hydrogen) atoms. The van der Waals surface area contributed by atoms with Crippen molar-refractivity contribution in [3.8, 4) is 0 Å². The zero-order valence-electron chi connectivity index (χ0n) is 12.9. The number of pyridine rings is 1. The molecule has 0 aliphatic carbocycles. The van der Waals surface area contributed by atoms with Gasteiger partial charge in [0.25, 0.3) is 0 Å². The lowest BCUT2D eigenvalue weighted by atomic mass is 10.1. The fourth-order valence-corrected chi connectivity index (χ4v) is 2.30. The molecule has 0 radical (unpaired) electrons. The van der Waals surface area contributed by atoms with Gasteiger partial charge in [0, 0.05) is 18.1 Å². The second-order valence-corrected chi connectivity index (χ2v) is 5.52. The number of nitrogens with zero attached hydrogens (tertiary/aromatic N) is 1. The van der Waals surface area contributed by atoms with Crippen molar-refractivity contribution in [3.05, 3.63) is 29.6 Å². The maximum atomic E-state index is 2.33. The summed E-state index contributed by atoms with van der Waals surface area (Å²) in [6.45, 7) is 7.83. The molecule has 0 amide bonds. The van der Waals surface area contributed by atoms with Gasteiger partial charge in [-0.2, -0.15) is 0 Å². The summed E-state index contributed by atoms with van der Waals surface area (Å²) in [5.41, 5.74) is 2.79. The van der Waals surface area contributed by atoms with E-state index in [1.54, 1.807) is 0 Å². The molecule has 0 saturated carbocycles. The minimum atomic E-state index is 0. The highest BCUT2D eigenvalue weighted by Crippen LogP contribution is 2.08. The Labute approximate surface area is 136 Å². The Kier molecular flexibility index (Phi) is 11.6. The van der Waals surface area contributed by atoms with Crippen LogP contribution in [0.25, 0.3) is 0 Å². The van der Waals surface area contributed by atoms with Gasteiger partial charge in [0.1, 0.15) is 6.54 Å². The number of unbranched alkanes of at least 4 members (excludes halogenated alkanes) is 7. The molecule has 1 nitrogen and oxygen atoms in total. The molecule has 0 fully saturated rings. The van der Waals surface area contributed by atoms with Gasteiger partial charge in [-0.3, -0.25) is 0 Å². The number of aromatic nitrogens is 1. The minimum Gasteiger partial charge on any atom is -1.00 e. The van der Waals surface area contributed by atoms with E-state index in [-0.39, 0.29) is 24.0 Å². The molecule has 110 valence electrons. The van der Waals surface area contributed by atoms with Crippen molar-refractivity contribution in [2.24, 2.45) is 0 Å². The summed E-state index contributed by atoms with van der Waals surface area (Å²) in [7, 11) is 0. The topological polar surface area (TPSA) is 3.88 Å². The molecule has 1 aromatic rings. The molecule has 0 aliphatic rings. The van der Waals surface area contributed by atoms with Crippen LogP contribution < -0.4 is 28.5 Å². The minimum absolute atomic E-state index is 0. The molecular formula is C17H30IN. The third kappa shape index (κ3) is 8.61. The van der Waals surface area contributed by atoms with Crippen LogP contribution in [0.15, 0.2) is 18.5 Å². The fraction of sp³-hybridized carbons (Fsp3) is 0.706. The standard InChI is InChI=1S/C17H30N.HI/c1-4-5-6-7-8-9-10-11-13-18-14-12-16(2)17(3)15-18;/h12,14-15H,4-11,13H2,1-3H3;1H/q+1;/p-1. The van der Waals surface area contributed by atoms with Gasteiger partial charge in [-0.1, -0.05) is 45.4 Å². The molecule has 0 aliphatic heterocycles. The first-order valence-electron chi connectivity index (χ1n) is 7.70. The molecule has 1 heterocycles. The van der Waals surface area contributed by atoms with Crippen LogP contribution in [0.5, 0.6) is 0 Å². The van der Waals surface area contributed by atoms with Gasteiger partial charge < -0.3 is 24.0 Å². The number of hydrogen-bond donors (Lipinski definition) is 0. The predicted molar refractivity (Wildman–Crippen MR) is 78.7 cm³/mol. The summed E-state index contributed by atoms with van der Waals surface area (Å²) in [6.07, 6.45) is 15.7. The molecule has 0 atom stereocenters. The van der Waals surface area contributed by atoms with Crippen molar-refractivity contribution in [3.63, 3.8) is 0 Å². The van der Waals surface area contributed by atoms with Gasteiger partial charge in [-0.25, -0.2) is 4.57 Å². The van der Waals surface area contributed by atoms with Crippen molar-refractivity contribution in [1.29, 1.82) is 0 Å². The van der Waals surface area contributed by atoms with E-state index >= 15 is 0 Å². The van der Waals surface area contributed by atoms with Gasteiger partial charge in [0.05, 0.1) is 0 Å². The zero-order valence-corrected chi connectivity index (χ0v) is 15.1. The molecule has 0 aromatic carbocycles. The monoisotopic (exact) mass is 375 g/mol. The first kappa shape index (κ1) is 18.9. The number of rotatable bonds is 9. The number of aryl methyl sites for hydroxylation is 3. The van der Waals surface area contributed by atoms with Crippen molar-refractivity contribution >= 4 is 0 Å². The molecule has 1 rings (SSSR count). The van der Waals surface area contributed by atoms with Crippen LogP contribution in [0.1, 0.15) is 69.4 Å². The lowest BCUT2D eigenvalue weighted by Gasteiger charge is -2.02. The summed E-state index contributed by atoms with van der Waals surface area (Å²) < 4.78 is 2.33. The number of hydrogen-bond acceptors (Lipinski definition) is 0. The molecule has 1 aromatic heterocycles. The second kappa shape index (κ2) is 11.7. The molecule has 0 bridgehead atoms. The Hall–Kier alpha value is -0.120.